The van der Waals surface area contributed by atoms with E-state index in [1.54, 1.807) is 16.9 Å². The van der Waals surface area contributed by atoms with Crippen LogP contribution >= 0.6 is 0 Å². The van der Waals surface area contributed by atoms with Gasteiger partial charge in [-0.1, -0.05) is 19.1 Å². The van der Waals surface area contributed by atoms with Gasteiger partial charge >= 0.3 is 0 Å². The van der Waals surface area contributed by atoms with E-state index in [1.807, 2.05) is 20.8 Å². The van der Waals surface area contributed by atoms with E-state index in [9.17, 15) is 0 Å². The molecule has 0 fully saturated rings. The van der Waals surface area contributed by atoms with Gasteiger partial charge in [0.2, 0.25) is 0 Å². The van der Waals surface area contributed by atoms with Crippen LogP contribution in [-0.4, -0.2) is 25.0 Å². The highest BCUT2D eigenvalue weighted by Gasteiger charge is 1.99. The number of nitrogens with zero attached hydrogens (tertiary/aromatic N) is 5. The third-order valence-electron chi connectivity index (χ3n) is 1.26. The lowest BCUT2D eigenvalue weighted by molar-refractivity contribution is 0.823. The lowest BCUT2D eigenvalue weighted by Crippen LogP contribution is -1.90. The Kier molecular flexibility index (Phi) is 2.68. The van der Waals surface area contributed by atoms with E-state index >= 15 is 0 Å². The lowest BCUT2D eigenvalue weighted by Gasteiger charge is -1.84. The Morgan fingerprint density at radius 2 is 2.00 bits per heavy atom. The molecule has 0 aliphatic heterocycles. The van der Waals surface area contributed by atoms with E-state index in [0.717, 1.165) is 5.69 Å². The van der Waals surface area contributed by atoms with Gasteiger partial charge in [-0.05, 0) is 6.92 Å². The second-order valence-corrected chi connectivity index (χ2v) is 1.96. The van der Waals surface area contributed by atoms with Crippen LogP contribution in [0, 0.1) is 6.92 Å². The minimum atomic E-state index is 0.711. The fourth-order valence-electron chi connectivity index (χ4n) is 0.768. The van der Waals surface area contributed by atoms with Gasteiger partial charge < -0.3 is 0 Å². The average molecular weight is 165 g/mol. The first-order valence-electron chi connectivity index (χ1n) is 3.87. The second kappa shape index (κ2) is 3.75. The van der Waals surface area contributed by atoms with Gasteiger partial charge in [-0.3, -0.25) is 0 Å². The number of aryl methyl sites for hydroxylation is 1. The molecular weight excluding hydrogens is 154 g/mol. The van der Waals surface area contributed by atoms with Crippen LogP contribution in [0.15, 0.2) is 12.4 Å². The largest absolute Gasteiger partial charge is 0.200 e. The Morgan fingerprint density at radius 1 is 1.25 bits per heavy atom. The van der Waals surface area contributed by atoms with Crippen LogP contribution < -0.4 is 0 Å². The van der Waals surface area contributed by atoms with Gasteiger partial charge in [0.25, 0.3) is 0 Å². The lowest BCUT2D eigenvalue weighted by atomic mass is 10.5. The van der Waals surface area contributed by atoms with Crippen LogP contribution in [0.2, 0.25) is 0 Å². The topological polar surface area (TPSA) is 56.0 Å². The zero-order valence-corrected chi connectivity index (χ0v) is 7.39. The SMILES string of the molecule is CC.Cc1nnn2ccnnc12. The standard InChI is InChI=1S/C5H5N5.C2H6/c1-4-5-8-6-2-3-10(5)9-7-4;1-2/h2-3H,1H3;1-2H3. The molecule has 0 atom stereocenters. The third kappa shape index (κ3) is 1.39. The molecule has 0 saturated carbocycles. The van der Waals surface area contributed by atoms with Crippen molar-refractivity contribution in [2.24, 2.45) is 0 Å². The van der Waals surface area contributed by atoms with Crippen LogP contribution in [-0.2, 0) is 0 Å². The highest BCUT2D eigenvalue weighted by Crippen LogP contribution is 1.97. The van der Waals surface area contributed by atoms with E-state index < -0.39 is 0 Å². The van der Waals surface area contributed by atoms with Gasteiger partial charge in [-0.2, -0.15) is 9.61 Å². The number of fused-ring (bicyclic) bond motifs is 1. The van der Waals surface area contributed by atoms with Crippen molar-refractivity contribution in [2.75, 3.05) is 0 Å². The molecule has 5 nitrogen and oxygen atoms in total. The molecule has 2 aromatic rings. The van der Waals surface area contributed by atoms with Crippen molar-refractivity contribution in [1.29, 1.82) is 0 Å². The summed E-state index contributed by atoms with van der Waals surface area (Å²) in [7, 11) is 0. The van der Waals surface area contributed by atoms with E-state index in [1.165, 1.54) is 0 Å². The molecular formula is C7H11N5. The summed E-state index contributed by atoms with van der Waals surface area (Å²) in [5, 5.41) is 15.1. The van der Waals surface area contributed by atoms with Gasteiger partial charge in [-0.25, -0.2) is 0 Å². The van der Waals surface area contributed by atoms with Crippen molar-refractivity contribution in [2.45, 2.75) is 20.8 Å². The normalized spacial score (nSPS) is 9.25. The van der Waals surface area contributed by atoms with Crippen LogP contribution in [0.3, 0.4) is 0 Å². The highest BCUT2D eigenvalue weighted by atomic mass is 15.4. The molecule has 0 spiro atoms. The smallest absolute Gasteiger partial charge is 0.199 e. The first-order chi connectivity index (χ1) is 5.88. The van der Waals surface area contributed by atoms with Crippen molar-refractivity contribution in [3.05, 3.63) is 18.1 Å². The number of rotatable bonds is 0. The summed E-state index contributed by atoms with van der Waals surface area (Å²) in [4.78, 5) is 0. The van der Waals surface area contributed by atoms with Crippen molar-refractivity contribution in [3.8, 4) is 0 Å². The van der Waals surface area contributed by atoms with Crippen molar-refractivity contribution in [3.63, 3.8) is 0 Å². The second-order valence-electron chi connectivity index (χ2n) is 1.96. The Bertz CT molecular complexity index is 353. The molecule has 0 saturated heterocycles. The van der Waals surface area contributed by atoms with Gasteiger partial charge in [0.05, 0.1) is 12.4 Å². The van der Waals surface area contributed by atoms with Gasteiger partial charge in [0.15, 0.2) is 5.65 Å². The monoisotopic (exact) mass is 165 g/mol. The molecule has 0 radical (unpaired) electrons. The Labute approximate surface area is 70.4 Å². The molecule has 0 N–H and O–H groups in total. The molecule has 0 bridgehead atoms. The summed E-state index contributed by atoms with van der Waals surface area (Å²) in [5.41, 5.74) is 1.51. The molecule has 0 aliphatic rings. The number of hydrogen-bond donors (Lipinski definition) is 0. The zero-order valence-electron chi connectivity index (χ0n) is 7.39. The Hall–Kier alpha value is -1.52. The Balaban J connectivity index is 0.000000336. The molecule has 64 valence electrons. The van der Waals surface area contributed by atoms with Gasteiger partial charge in [-0.15, -0.1) is 10.2 Å². The van der Waals surface area contributed by atoms with E-state index in [0.29, 0.717) is 5.65 Å². The van der Waals surface area contributed by atoms with E-state index in [4.69, 9.17) is 0 Å². The summed E-state index contributed by atoms with van der Waals surface area (Å²) in [6, 6.07) is 0. The first kappa shape index (κ1) is 8.58. The molecule has 0 amide bonds. The van der Waals surface area contributed by atoms with Crippen molar-refractivity contribution < 1.29 is 0 Å². The van der Waals surface area contributed by atoms with Crippen molar-refractivity contribution >= 4 is 5.65 Å². The summed E-state index contributed by atoms with van der Waals surface area (Å²) in [6.07, 6.45) is 3.28. The Morgan fingerprint density at radius 3 is 2.67 bits per heavy atom. The fraction of sp³-hybridized carbons (Fsp3) is 0.429. The van der Waals surface area contributed by atoms with Crippen LogP contribution in [0.5, 0.6) is 0 Å². The summed E-state index contributed by atoms with van der Waals surface area (Å²) in [5.74, 6) is 0. The van der Waals surface area contributed by atoms with Crippen molar-refractivity contribution in [1.82, 2.24) is 25.0 Å². The first-order valence-corrected chi connectivity index (χ1v) is 3.87. The molecule has 0 unspecified atom stereocenters. The molecule has 2 rings (SSSR count). The summed E-state index contributed by atoms with van der Waals surface area (Å²) >= 11 is 0. The zero-order chi connectivity index (χ0) is 8.97. The molecule has 12 heavy (non-hydrogen) atoms. The van der Waals surface area contributed by atoms with E-state index in [-0.39, 0.29) is 0 Å². The summed E-state index contributed by atoms with van der Waals surface area (Å²) < 4.78 is 1.59. The maximum atomic E-state index is 3.83. The minimum absolute atomic E-state index is 0.711. The highest BCUT2D eigenvalue weighted by molar-refractivity contribution is 5.38. The van der Waals surface area contributed by atoms with Gasteiger partial charge in [0.1, 0.15) is 5.69 Å². The maximum absolute atomic E-state index is 3.83. The number of aromatic nitrogens is 5. The van der Waals surface area contributed by atoms with Crippen LogP contribution in [0.4, 0.5) is 0 Å². The quantitative estimate of drug-likeness (QED) is 0.580. The summed E-state index contributed by atoms with van der Waals surface area (Å²) in [6.45, 7) is 5.84. The molecule has 5 heteroatoms. The minimum Gasteiger partial charge on any atom is -0.199 e. The average Bonchev–Trinajstić information content (AvgIpc) is 2.53. The van der Waals surface area contributed by atoms with Crippen LogP contribution in [0.1, 0.15) is 19.5 Å². The predicted octanol–water partition coefficient (Wildman–Crippen LogP) is 0.854. The third-order valence-corrected chi connectivity index (χ3v) is 1.26. The fourth-order valence-corrected chi connectivity index (χ4v) is 0.768. The molecule has 0 aliphatic carbocycles. The molecule has 2 aromatic heterocycles. The van der Waals surface area contributed by atoms with Crippen LogP contribution in [0.25, 0.3) is 5.65 Å². The molecule has 2 heterocycles. The predicted molar refractivity (Wildman–Crippen MR) is 44.7 cm³/mol. The maximum Gasteiger partial charge on any atom is 0.200 e. The molecule has 0 aromatic carbocycles. The van der Waals surface area contributed by atoms with Gasteiger partial charge in [0, 0.05) is 0 Å². The number of hydrogen-bond acceptors (Lipinski definition) is 4. The van der Waals surface area contributed by atoms with E-state index in [2.05, 4.69) is 20.5 Å².